The predicted molar refractivity (Wildman–Crippen MR) is 118 cm³/mol. The highest BCUT2D eigenvalue weighted by atomic mass is 16.5. The molecule has 0 bridgehead atoms. The highest BCUT2D eigenvalue weighted by molar-refractivity contribution is 6.09. The molecule has 3 aliphatic rings. The van der Waals surface area contributed by atoms with Crippen molar-refractivity contribution < 1.29 is 14.3 Å². The van der Waals surface area contributed by atoms with Gasteiger partial charge in [0.05, 0.1) is 17.4 Å². The van der Waals surface area contributed by atoms with Crippen LogP contribution in [0.15, 0.2) is 36.4 Å². The lowest BCUT2D eigenvalue weighted by molar-refractivity contribution is -0.144. The van der Waals surface area contributed by atoms with Gasteiger partial charge in [-0.25, -0.2) is 0 Å². The van der Waals surface area contributed by atoms with E-state index in [9.17, 15) is 9.59 Å². The molecule has 1 aliphatic heterocycles. The van der Waals surface area contributed by atoms with Gasteiger partial charge in [-0.2, -0.15) is 0 Å². The zero-order chi connectivity index (χ0) is 20.8. The van der Waals surface area contributed by atoms with Crippen molar-refractivity contribution in [3.8, 4) is 5.75 Å². The lowest BCUT2D eigenvalue weighted by Gasteiger charge is -2.34. The summed E-state index contributed by atoms with van der Waals surface area (Å²) in [4.78, 5) is 28.9. The van der Waals surface area contributed by atoms with Crippen LogP contribution >= 0.6 is 0 Å². The molecule has 5 rings (SSSR count). The summed E-state index contributed by atoms with van der Waals surface area (Å²) in [6, 6.07) is 11.8. The summed E-state index contributed by atoms with van der Waals surface area (Å²) in [5.41, 5.74) is -0.192. The Bertz CT molecular complexity index is 985. The minimum Gasteiger partial charge on any atom is -0.493 e. The molecule has 0 unspecified atom stereocenters. The molecule has 2 aromatic carbocycles. The van der Waals surface area contributed by atoms with Gasteiger partial charge in [-0.3, -0.25) is 9.59 Å². The molecule has 0 radical (unpaired) electrons. The number of hydrogen-bond donors (Lipinski definition) is 1. The number of carbonyl (C=O) groups is 2. The van der Waals surface area contributed by atoms with Gasteiger partial charge in [0.15, 0.2) is 0 Å². The number of benzene rings is 2. The second kappa shape index (κ2) is 7.29. The van der Waals surface area contributed by atoms with Gasteiger partial charge in [0.25, 0.3) is 0 Å². The van der Waals surface area contributed by atoms with Crippen molar-refractivity contribution in [3.05, 3.63) is 36.4 Å². The molecule has 5 nitrogen and oxygen atoms in total. The van der Waals surface area contributed by atoms with E-state index in [1.807, 2.05) is 48.2 Å². The third-order valence-corrected chi connectivity index (χ3v) is 7.34. The molecule has 0 atom stereocenters. The summed E-state index contributed by atoms with van der Waals surface area (Å²) in [5, 5.41) is 5.16. The van der Waals surface area contributed by atoms with Crippen molar-refractivity contribution in [3.63, 3.8) is 0 Å². The predicted octanol–water partition coefficient (Wildman–Crippen LogP) is 4.75. The molecule has 30 heavy (non-hydrogen) atoms. The number of nitrogens with zero attached hydrogens (tertiary/aromatic N) is 1. The molecule has 0 spiro atoms. The minimum absolute atomic E-state index is 0.0136. The van der Waals surface area contributed by atoms with Gasteiger partial charge in [-0.1, -0.05) is 24.3 Å². The number of amides is 2. The van der Waals surface area contributed by atoms with Gasteiger partial charge in [-0.15, -0.1) is 0 Å². The third-order valence-electron chi connectivity index (χ3n) is 7.34. The Balaban J connectivity index is 1.41. The SMILES string of the molecule is CCOc1ccc(NC(=O)C2(C3(C(=O)N4CCCCC4)CC3)CC2)c2ccccc12. The van der Waals surface area contributed by atoms with Crippen molar-refractivity contribution in [2.24, 2.45) is 10.8 Å². The monoisotopic (exact) mass is 406 g/mol. The van der Waals surface area contributed by atoms with Crippen LogP contribution in [0, 0.1) is 10.8 Å². The topological polar surface area (TPSA) is 58.6 Å². The van der Waals surface area contributed by atoms with Crippen LogP contribution in [0.25, 0.3) is 10.8 Å². The van der Waals surface area contributed by atoms with Crippen LogP contribution in [0.5, 0.6) is 5.75 Å². The van der Waals surface area contributed by atoms with Crippen LogP contribution < -0.4 is 10.1 Å². The largest absolute Gasteiger partial charge is 0.493 e. The lowest BCUT2D eigenvalue weighted by Crippen LogP contribution is -2.47. The fraction of sp³-hybridized carbons (Fsp3) is 0.520. The quantitative estimate of drug-likeness (QED) is 0.753. The summed E-state index contributed by atoms with van der Waals surface area (Å²) in [7, 11) is 0. The summed E-state index contributed by atoms with van der Waals surface area (Å²) in [6.45, 7) is 4.26. The Kier molecular flexibility index (Phi) is 4.72. The van der Waals surface area contributed by atoms with Gasteiger partial charge in [-0.05, 0) is 64.0 Å². The first-order chi connectivity index (χ1) is 14.6. The Morgan fingerprint density at radius 1 is 0.933 bits per heavy atom. The number of nitrogens with one attached hydrogen (secondary N) is 1. The Morgan fingerprint density at radius 2 is 1.60 bits per heavy atom. The average Bonchev–Trinajstić information content (AvgIpc) is 3.69. The van der Waals surface area contributed by atoms with E-state index in [-0.39, 0.29) is 11.8 Å². The molecule has 0 aromatic heterocycles. The van der Waals surface area contributed by atoms with Crippen molar-refractivity contribution >= 4 is 28.3 Å². The molecule has 2 amide bonds. The molecule has 1 N–H and O–H groups in total. The minimum atomic E-state index is -0.527. The van der Waals surface area contributed by atoms with Crippen LogP contribution in [0.2, 0.25) is 0 Å². The average molecular weight is 407 g/mol. The maximum Gasteiger partial charge on any atom is 0.231 e. The molecule has 158 valence electrons. The van der Waals surface area contributed by atoms with Crippen LogP contribution in [0.4, 0.5) is 5.69 Å². The van der Waals surface area contributed by atoms with Crippen LogP contribution in [0.3, 0.4) is 0 Å². The highest BCUT2D eigenvalue weighted by Gasteiger charge is 2.73. The van der Waals surface area contributed by atoms with Crippen molar-refractivity contribution in [1.82, 2.24) is 4.90 Å². The van der Waals surface area contributed by atoms with E-state index >= 15 is 0 Å². The smallest absolute Gasteiger partial charge is 0.231 e. The van der Waals surface area contributed by atoms with Crippen LogP contribution in [-0.4, -0.2) is 36.4 Å². The van der Waals surface area contributed by atoms with Gasteiger partial charge in [0.1, 0.15) is 5.75 Å². The van der Waals surface area contributed by atoms with Gasteiger partial charge in [0.2, 0.25) is 11.8 Å². The zero-order valence-electron chi connectivity index (χ0n) is 17.7. The van der Waals surface area contributed by atoms with E-state index in [1.54, 1.807) is 0 Å². The van der Waals surface area contributed by atoms with Crippen molar-refractivity contribution in [2.75, 3.05) is 25.0 Å². The van der Waals surface area contributed by atoms with Crippen molar-refractivity contribution in [2.45, 2.75) is 51.9 Å². The number of likely N-dealkylation sites (tertiary alicyclic amines) is 1. The van der Waals surface area contributed by atoms with Gasteiger partial charge >= 0.3 is 0 Å². The molecule has 5 heteroatoms. The maximum absolute atomic E-state index is 13.5. The Morgan fingerprint density at radius 3 is 2.23 bits per heavy atom. The number of rotatable bonds is 6. The lowest BCUT2D eigenvalue weighted by atomic mass is 9.82. The first-order valence-electron chi connectivity index (χ1n) is 11.4. The zero-order valence-corrected chi connectivity index (χ0v) is 17.7. The molecule has 2 aromatic rings. The van der Waals surface area contributed by atoms with E-state index in [2.05, 4.69) is 5.32 Å². The number of piperidine rings is 1. The standard InChI is InChI=1S/C25H30N2O3/c1-2-30-21-11-10-20(18-8-4-5-9-19(18)21)26-22(28)24(12-13-24)25(14-15-25)23(29)27-16-6-3-7-17-27/h4-5,8-11H,2-3,6-7,12-17H2,1H3,(H,26,28). The van der Waals surface area contributed by atoms with Gasteiger partial charge < -0.3 is 15.0 Å². The second-order valence-corrected chi connectivity index (χ2v) is 9.06. The molecular formula is C25H30N2O3. The van der Waals surface area contributed by atoms with E-state index in [0.29, 0.717) is 6.61 Å². The molecule has 2 aliphatic carbocycles. The molecule has 3 fully saturated rings. The van der Waals surface area contributed by atoms with Crippen LogP contribution in [-0.2, 0) is 9.59 Å². The number of fused-ring (bicyclic) bond motifs is 1. The van der Waals surface area contributed by atoms with E-state index in [4.69, 9.17) is 4.74 Å². The fourth-order valence-corrected chi connectivity index (χ4v) is 5.37. The van der Waals surface area contributed by atoms with Crippen molar-refractivity contribution in [1.29, 1.82) is 0 Å². The molecular weight excluding hydrogens is 376 g/mol. The summed E-state index contributed by atoms with van der Waals surface area (Å²) < 4.78 is 5.76. The number of ether oxygens (including phenoxy) is 1. The third kappa shape index (κ3) is 2.98. The number of hydrogen-bond acceptors (Lipinski definition) is 3. The first-order valence-corrected chi connectivity index (χ1v) is 11.4. The summed E-state index contributed by atoms with van der Waals surface area (Å²) in [5.74, 6) is 1.07. The van der Waals surface area contributed by atoms with Gasteiger partial charge in [0, 0.05) is 29.5 Å². The van der Waals surface area contributed by atoms with E-state index < -0.39 is 10.8 Å². The van der Waals surface area contributed by atoms with E-state index in [1.165, 1.54) is 6.42 Å². The first kappa shape index (κ1) is 19.4. The van der Waals surface area contributed by atoms with E-state index in [0.717, 1.165) is 73.8 Å². The van der Waals surface area contributed by atoms with Crippen LogP contribution in [0.1, 0.15) is 51.9 Å². The second-order valence-electron chi connectivity index (χ2n) is 9.06. The number of carbonyl (C=O) groups excluding carboxylic acids is 2. The Labute approximate surface area is 177 Å². The fourth-order valence-electron chi connectivity index (χ4n) is 5.37. The molecule has 2 saturated carbocycles. The Hall–Kier alpha value is -2.56. The maximum atomic E-state index is 13.5. The molecule has 1 saturated heterocycles. The number of anilines is 1. The normalized spacial score (nSPS) is 21.2. The molecule has 1 heterocycles. The summed E-state index contributed by atoms with van der Waals surface area (Å²) in [6.07, 6.45) is 6.69. The summed E-state index contributed by atoms with van der Waals surface area (Å²) >= 11 is 0. The highest BCUT2D eigenvalue weighted by Crippen LogP contribution is 2.71.